The quantitative estimate of drug-likeness (QED) is 0.685. The molecular formula is C21H22ClF4N3O2. The highest BCUT2D eigenvalue weighted by Gasteiger charge is 2.50. The van der Waals surface area contributed by atoms with Gasteiger partial charge in [0, 0.05) is 24.8 Å². The molecule has 1 amide bonds. The fourth-order valence-electron chi connectivity index (χ4n) is 4.34. The summed E-state index contributed by atoms with van der Waals surface area (Å²) in [6.45, 7) is 2.42. The first-order valence-electron chi connectivity index (χ1n) is 9.64. The first kappa shape index (κ1) is 23.3. The number of likely N-dealkylation sites (tertiary alicyclic amines) is 1. The van der Waals surface area contributed by atoms with Crippen LogP contribution in [0.3, 0.4) is 0 Å². The number of halogens is 5. The molecule has 1 N–H and O–H groups in total. The van der Waals surface area contributed by atoms with E-state index >= 15 is 0 Å². The predicted octanol–water partition coefficient (Wildman–Crippen LogP) is 4.54. The minimum absolute atomic E-state index is 0. The molecule has 3 heterocycles. The third-order valence-electron chi connectivity index (χ3n) is 5.75. The van der Waals surface area contributed by atoms with Gasteiger partial charge in [0.25, 0.3) is 0 Å². The van der Waals surface area contributed by atoms with Crippen molar-refractivity contribution in [3.05, 3.63) is 47.5 Å². The molecule has 0 radical (unpaired) electrons. The molecule has 168 valence electrons. The summed E-state index contributed by atoms with van der Waals surface area (Å²) in [4.78, 5) is 18.8. The lowest BCUT2D eigenvalue weighted by atomic mass is 9.96. The fraction of sp³-hybridized carbons (Fsp3) is 0.429. The number of ether oxygens (including phenoxy) is 1. The van der Waals surface area contributed by atoms with Gasteiger partial charge in [-0.15, -0.1) is 25.6 Å². The number of carbonyl (C=O) groups is 1. The zero-order valence-electron chi connectivity index (χ0n) is 16.9. The second-order valence-corrected chi connectivity index (χ2v) is 7.91. The molecule has 5 nitrogen and oxygen atoms in total. The van der Waals surface area contributed by atoms with Gasteiger partial charge in [-0.1, -0.05) is 0 Å². The number of amides is 1. The molecule has 0 unspecified atom stereocenters. The molecule has 1 aromatic carbocycles. The van der Waals surface area contributed by atoms with Crippen molar-refractivity contribution in [3.63, 3.8) is 0 Å². The summed E-state index contributed by atoms with van der Waals surface area (Å²) in [5, 5.41) is 3.40. The number of benzene rings is 1. The lowest BCUT2D eigenvalue weighted by Crippen LogP contribution is -2.47. The van der Waals surface area contributed by atoms with Crippen LogP contribution in [0.4, 0.5) is 17.6 Å². The van der Waals surface area contributed by atoms with Gasteiger partial charge in [0.15, 0.2) is 0 Å². The maximum absolute atomic E-state index is 14.4. The van der Waals surface area contributed by atoms with Crippen LogP contribution in [0.5, 0.6) is 5.75 Å². The van der Waals surface area contributed by atoms with Crippen molar-refractivity contribution < 1.29 is 27.1 Å². The molecule has 10 heteroatoms. The minimum Gasteiger partial charge on any atom is -0.406 e. The van der Waals surface area contributed by atoms with E-state index in [4.69, 9.17) is 0 Å². The Balaban J connectivity index is 0.00000272. The Morgan fingerprint density at radius 2 is 1.97 bits per heavy atom. The average molecular weight is 460 g/mol. The molecule has 4 rings (SSSR count). The van der Waals surface area contributed by atoms with Gasteiger partial charge in [-0.25, -0.2) is 4.39 Å². The Hall–Kier alpha value is -2.39. The zero-order valence-corrected chi connectivity index (χ0v) is 17.7. The number of pyridine rings is 1. The molecule has 2 atom stereocenters. The van der Waals surface area contributed by atoms with Gasteiger partial charge >= 0.3 is 6.36 Å². The Labute approximate surface area is 183 Å². The van der Waals surface area contributed by atoms with Crippen molar-refractivity contribution in [3.8, 4) is 16.9 Å². The summed E-state index contributed by atoms with van der Waals surface area (Å²) < 4.78 is 56.0. The van der Waals surface area contributed by atoms with E-state index < -0.39 is 23.5 Å². The average Bonchev–Trinajstić information content (AvgIpc) is 3.22. The standard InChI is InChI=1S/C21H21F4N3O2.ClH/c1-12-9-13(15-11-14(3-4-16(15)22)30-21(23,24)25)10-18(26-12)17-5-6-20(27-17)7-8-28(2)19(20)29;/h3-4,9-11,17,27H,5-8H2,1-2H3;1H/t17-,20+;/m1./s1. The summed E-state index contributed by atoms with van der Waals surface area (Å²) in [5.41, 5.74) is 1.03. The van der Waals surface area contributed by atoms with E-state index in [1.165, 1.54) is 0 Å². The van der Waals surface area contributed by atoms with Crippen LogP contribution in [0.25, 0.3) is 11.1 Å². The molecule has 0 bridgehead atoms. The third kappa shape index (κ3) is 4.62. The van der Waals surface area contributed by atoms with Gasteiger partial charge in [-0.3, -0.25) is 15.1 Å². The van der Waals surface area contributed by atoms with Gasteiger partial charge in [-0.05, 0) is 62.1 Å². The van der Waals surface area contributed by atoms with Crippen molar-refractivity contribution in [1.29, 1.82) is 0 Å². The maximum Gasteiger partial charge on any atom is 0.573 e. The molecular weight excluding hydrogens is 438 g/mol. The van der Waals surface area contributed by atoms with Crippen LogP contribution in [0.2, 0.25) is 0 Å². The lowest BCUT2D eigenvalue weighted by Gasteiger charge is -2.23. The normalized spacial score (nSPS) is 23.4. The number of carbonyl (C=O) groups excluding carboxylic acids is 1. The van der Waals surface area contributed by atoms with E-state index in [2.05, 4.69) is 15.0 Å². The Kier molecular flexibility index (Phi) is 6.21. The predicted molar refractivity (Wildman–Crippen MR) is 108 cm³/mol. The molecule has 2 fully saturated rings. The monoisotopic (exact) mass is 459 g/mol. The van der Waals surface area contributed by atoms with E-state index in [1.807, 2.05) is 0 Å². The van der Waals surface area contributed by atoms with E-state index in [1.54, 1.807) is 31.0 Å². The molecule has 0 aliphatic carbocycles. The number of likely N-dealkylation sites (N-methyl/N-ethyl adjacent to an activating group) is 1. The van der Waals surface area contributed by atoms with E-state index in [9.17, 15) is 22.4 Å². The van der Waals surface area contributed by atoms with Gasteiger partial charge in [0.1, 0.15) is 17.1 Å². The Bertz CT molecular complexity index is 1000. The fourth-order valence-corrected chi connectivity index (χ4v) is 4.34. The molecule has 1 aromatic heterocycles. The molecule has 2 aromatic rings. The summed E-state index contributed by atoms with van der Waals surface area (Å²) >= 11 is 0. The first-order valence-corrected chi connectivity index (χ1v) is 9.64. The number of rotatable bonds is 3. The summed E-state index contributed by atoms with van der Waals surface area (Å²) in [6, 6.07) is 5.98. The van der Waals surface area contributed by atoms with Gasteiger partial charge < -0.3 is 9.64 Å². The third-order valence-corrected chi connectivity index (χ3v) is 5.75. The summed E-state index contributed by atoms with van der Waals surface area (Å²) in [5.74, 6) is -1.10. The molecule has 2 aliphatic rings. The molecule has 2 saturated heterocycles. The largest absolute Gasteiger partial charge is 0.573 e. The van der Waals surface area contributed by atoms with Gasteiger partial charge in [-0.2, -0.15) is 0 Å². The van der Waals surface area contributed by atoms with Crippen molar-refractivity contribution in [2.45, 2.75) is 44.1 Å². The number of aromatic nitrogens is 1. The Morgan fingerprint density at radius 3 is 2.61 bits per heavy atom. The minimum atomic E-state index is -4.86. The van der Waals surface area contributed by atoms with E-state index in [0.717, 1.165) is 18.2 Å². The highest BCUT2D eigenvalue weighted by atomic mass is 35.5. The van der Waals surface area contributed by atoms with Crippen LogP contribution < -0.4 is 10.1 Å². The second kappa shape index (κ2) is 8.27. The van der Waals surface area contributed by atoms with Crippen LogP contribution in [-0.2, 0) is 4.79 Å². The molecule has 31 heavy (non-hydrogen) atoms. The van der Waals surface area contributed by atoms with Gasteiger partial charge in [0.05, 0.1) is 11.7 Å². The highest BCUT2D eigenvalue weighted by Crippen LogP contribution is 2.40. The second-order valence-electron chi connectivity index (χ2n) is 7.91. The number of hydrogen-bond acceptors (Lipinski definition) is 4. The molecule has 0 saturated carbocycles. The van der Waals surface area contributed by atoms with Crippen molar-refractivity contribution in [2.75, 3.05) is 13.6 Å². The number of nitrogens with one attached hydrogen (secondary N) is 1. The summed E-state index contributed by atoms with van der Waals surface area (Å²) in [6.07, 6.45) is -2.79. The van der Waals surface area contributed by atoms with Crippen molar-refractivity contribution >= 4 is 18.3 Å². The smallest absolute Gasteiger partial charge is 0.406 e. The first-order chi connectivity index (χ1) is 14.1. The van der Waals surface area contributed by atoms with Crippen LogP contribution in [-0.4, -0.2) is 41.3 Å². The maximum atomic E-state index is 14.4. The van der Waals surface area contributed by atoms with Crippen LogP contribution in [0, 0.1) is 12.7 Å². The van der Waals surface area contributed by atoms with Crippen molar-refractivity contribution in [2.24, 2.45) is 0 Å². The number of aryl methyl sites for hydroxylation is 1. The topological polar surface area (TPSA) is 54.5 Å². The van der Waals surface area contributed by atoms with Crippen LogP contribution in [0.1, 0.15) is 36.7 Å². The number of hydrogen-bond donors (Lipinski definition) is 1. The number of alkyl halides is 3. The highest BCUT2D eigenvalue weighted by molar-refractivity contribution is 5.88. The lowest BCUT2D eigenvalue weighted by molar-refractivity contribution is -0.274. The van der Waals surface area contributed by atoms with E-state index in [-0.39, 0.29) is 29.9 Å². The van der Waals surface area contributed by atoms with E-state index in [0.29, 0.717) is 42.8 Å². The molecule has 1 spiro atoms. The zero-order chi connectivity index (χ0) is 21.7. The summed E-state index contributed by atoms with van der Waals surface area (Å²) in [7, 11) is 1.77. The number of nitrogens with zero attached hydrogens (tertiary/aromatic N) is 2. The van der Waals surface area contributed by atoms with Gasteiger partial charge in [0.2, 0.25) is 5.91 Å². The Morgan fingerprint density at radius 1 is 1.23 bits per heavy atom. The van der Waals surface area contributed by atoms with Crippen molar-refractivity contribution in [1.82, 2.24) is 15.2 Å². The van der Waals surface area contributed by atoms with Crippen LogP contribution in [0.15, 0.2) is 30.3 Å². The van der Waals surface area contributed by atoms with Crippen LogP contribution >= 0.6 is 12.4 Å². The SMILES string of the molecule is Cc1cc(-c2cc(OC(F)(F)F)ccc2F)cc([C@H]2CC[C@@]3(CCN(C)C3=O)N2)n1.Cl. The molecule has 2 aliphatic heterocycles.